The molecule has 62 valence electrons. The van der Waals surface area contributed by atoms with Gasteiger partial charge in [-0.05, 0) is 31.1 Å². The number of rotatable bonds is 1. The van der Waals surface area contributed by atoms with E-state index in [0.29, 0.717) is 11.8 Å². The van der Waals surface area contributed by atoms with E-state index in [0.717, 1.165) is 12.8 Å². The second kappa shape index (κ2) is 2.21. The van der Waals surface area contributed by atoms with E-state index >= 15 is 0 Å². The molecule has 2 aliphatic rings. The molecule has 2 rings (SSSR count). The summed E-state index contributed by atoms with van der Waals surface area (Å²) in [6, 6.07) is 0.0613. The van der Waals surface area contributed by atoms with Crippen molar-refractivity contribution in [2.24, 2.45) is 29.2 Å². The molecule has 0 aromatic heterocycles. The van der Waals surface area contributed by atoms with Gasteiger partial charge in [0.1, 0.15) is 0 Å². The maximum absolute atomic E-state index is 10.9. The van der Waals surface area contributed by atoms with Crippen LogP contribution in [-0.4, -0.2) is 11.9 Å². The molecule has 2 fully saturated rings. The molecule has 2 aliphatic carbocycles. The lowest BCUT2D eigenvalue weighted by Gasteiger charge is -2.24. The maximum atomic E-state index is 10.9. The number of primary amides is 1. The lowest BCUT2D eigenvalue weighted by molar-refractivity contribution is -0.123. The van der Waals surface area contributed by atoms with Crippen LogP contribution in [0.3, 0.4) is 0 Å². The van der Waals surface area contributed by atoms with Crippen molar-refractivity contribution in [1.82, 2.24) is 0 Å². The molecule has 2 saturated carbocycles. The minimum Gasteiger partial charge on any atom is -0.369 e. The highest BCUT2D eigenvalue weighted by Gasteiger charge is 2.48. The van der Waals surface area contributed by atoms with Gasteiger partial charge in [-0.2, -0.15) is 0 Å². The summed E-state index contributed by atoms with van der Waals surface area (Å²) < 4.78 is 0. The second-order valence-corrected chi connectivity index (χ2v) is 3.84. The fourth-order valence-corrected chi connectivity index (χ4v) is 2.76. The van der Waals surface area contributed by atoms with Crippen LogP contribution in [0.5, 0.6) is 0 Å². The van der Waals surface area contributed by atoms with Crippen molar-refractivity contribution in [3.8, 4) is 0 Å². The number of carbonyl (C=O) groups excluding carboxylic acids is 1. The van der Waals surface area contributed by atoms with Gasteiger partial charge in [0, 0.05) is 6.04 Å². The molecule has 3 nitrogen and oxygen atoms in total. The third-order valence-electron chi connectivity index (χ3n) is 3.31. The van der Waals surface area contributed by atoms with Crippen LogP contribution < -0.4 is 11.5 Å². The van der Waals surface area contributed by atoms with Crippen LogP contribution >= 0.6 is 0 Å². The number of hydrogen-bond donors (Lipinski definition) is 2. The molecular weight excluding hydrogens is 140 g/mol. The van der Waals surface area contributed by atoms with Crippen molar-refractivity contribution < 1.29 is 4.79 Å². The number of hydrogen-bond acceptors (Lipinski definition) is 2. The summed E-state index contributed by atoms with van der Waals surface area (Å²) in [5, 5.41) is 0. The summed E-state index contributed by atoms with van der Waals surface area (Å²) in [6.07, 6.45) is 3.50. The quantitative estimate of drug-likeness (QED) is 0.551. The average molecular weight is 154 g/mol. The predicted molar refractivity (Wildman–Crippen MR) is 41.5 cm³/mol. The first-order valence-electron chi connectivity index (χ1n) is 4.25. The highest BCUT2D eigenvalue weighted by Crippen LogP contribution is 2.47. The SMILES string of the molecule is NC(=O)[C@@H]1[C@H]2CC[C@H](C2)[C@@H]1N. The summed E-state index contributed by atoms with van der Waals surface area (Å²) in [5.74, 6) is 0.878. The first-order chi connectivity index (χ1) is 5.20. The molecule has 0 heterocycles. The van der Waals surface area contributed by atoms with Gasteiger partial charge < -0.3 is 11.5 Å². The zero-order valence-corrected chi connectivity index (χ0v) is 6.49. The van der Waals surface area contributed by atoms with Crippen LogP contribution in [0.1, 0.15) is 19.3 Å². The van der Waals surface area contributed by atoms with Crippen LogP contribution in [-0.2, 0) is 4.79 Å². The van der Waals surface area contributed by atoms with Gasteiger partial charge in [0.15, 0.2) is 0 Å². The predicted octanol–water partition coefficient (Wildman–Crippen LogP) is -0.155. The van der Waals surface area contributed by atoms with Crippen LogP contribution in [0.4, 0.5) is 0 Å². The average Bonchev–Trinajstić information content (AvgIpc) is 2.44. The minimum atomic E-state index is -0.190. The van der Waals surface area contributed by atoms with Crippen LogP contribution in [0.2, 0.25) is 0 Å². The summed E-state index contributed by atoms with van der Waals surface area (Å²) in [5.41, 5.74) is 11.1. The fourth-order valence-electron chi connectivity index (χ4n) is 2.76. The van der Waals surface area contributed by atoms with Gasteiger partial charge in [-0.15, -0.1) is 0 Å². The molecule has 0 unspecified atom stereocenters. The Hall–Kier alpha value is -0.570. The molecule has 0 aromatic carbocycles. The molecule has 2 bridgehead atoms. The first kappa shape index (κ1) is 7.10. The van der Waals surface area contributed by atoms with Gasteiger partial charge in [-0.25, -0.2) is 0 Å². The topological polar surface area (TPSA) is 69.1 Å². The van der Waals surface area contributed by atoms with Crippen molar-refractivity contribution in [3.63, 3.8) is 0 Å². The van der Waals surface area contributed by atoms with E-state index < -0.39 is 0 Å². The van der Waals surface area contributed by atoms with Crippen molar-refractivity contribution in [2.75, 3.05) is 0 Å². The zero-order chi connectivity index (χ0) is 8.01. The van der Waals surface area contributed by atoms with Crippen LogP contribution in [0.15, 0.2) is 0 Å². The Morgan fingerprint density at radius 2 is 1.91 bits per heavy atom. The Morgan fingerprint density at radius 3 is 2.27 bits per heavy atom. The van der Waals surface area contributed by atoms with Crippen LogP contribution in [0, 0.1) is 17.8 Å². The van der Waals surface area contributed by atoms with E-state index in [-0.39, 0.29) is 17.9 Å². The second-order valence-electron chi connectivity index (χ2n) is 3.84. The largest absolute Gasteiger partial charge is 0.369 e. The molecule has 4 atom stereocenters. The molecule has 1 amide bonds. The molecular formula is C8H14N2O. The van der Waals surface area contributed by atoms with E-state index in [2.05, 4.69) is 0 Å². The van der Waals surface area contributed by atoms with Gasteiger partial charge in [0.25, 0.3) is 0 Å². The minimum absolute atomic E-state index is 0.0197. The summed E-state index contributed by atoms with van der Waals surface area (Å²) in [6.45, 7) is 0. The lowest BCUT2D eigenvalue weighted by atomic mass is 9.84. The molecule has 0 saturated heterocycles. The highest BCUT2D eigenvalue weighted by atomic mass is 16.1. The Morgan fingerprint density at radius 1 is 1.27 bits per heavy atom. The third kappa shape index (κ3) is 0.872. The Bertz CT molecular complexity index is 191. The van der Waals surface area contributed by atoms with E-state index in [4.69, 9.17) is 11.5 Å². The molecule has 0 spiro atoms. The number of amides is 1. The van der Waals surface area contributed by atoms with E-state index in [1.165, 1.54) is 6.42 Å². The van der Waals surface area contributed by atoms with Gasteiger partial charge in [0.2, 0.25) is 5.91 Å². The maximum Gasteiger partial charge on any atom is 0.222 e. The number of carbonyl (C=O) groups is 1. The molecule has 0 radical (unpaired) electrons. The monoisotopic (exact) mass is 154 g/mol. The first-order valence-corrected chi connectivity index (χ1v) is 4.25. The normalized spacial score (nSPS) is 48.1. The van der Waals surface area contributed by atoms with Crippen molar-refractivity contribution >= 4 is 5.91 Å². The Kier molecular flexibility index (Phi) is 1.42. The van der Waals surface area contributed by atoms with Crippen molar-refractivity contribution in [3.05, 3.63) is 0 Å². The smallest absolute Gasteiger partial charge is 0.222 e. The third-order valence-corrected chi connectivity index (χ3v) is 3.31. The number of nitrogens with two attached hydrogens (primary N) is 2. The highest BCUT2D eigenvalue weighted by molar-refractivity contribution is 5.78. The molecule has 11 heavy (non-hydrogen) atoms. The van der Waals surface area contributed by atoms with Crippen molar-refractivity contribution in [2.45, 2.75) is 25.3 Å². The molecule has 0 aromatic rings. The van der Waals surface area contributed by atoms with Gasteiger partial charge in [-0.3, -0.25) is 4.79 Å². The van der Waals surface area contributed by atoms with E-state index in [1.807, 2.05) is 0 Å². The van der Waals surface area contributed by atoms with E-state index in [9.17, 15) is 4.79 Å². The molecule has 3 heteroatoms. The summed E-state index contributed by atoms with van der Waals surface area (Å²) >= 11 is 0. The molecule has 0 aliphatic heterocycles. The Balaban J connectivity index is 2.17. The summed E-state index contributed by atoms with van der Waals surface area (Å²) in [4.78, 5) is 10.9. The standard InChI is InChI=1S/C8H14N2O/c9-7-5-2-1-4(3-5)6(7)8(10)11/h4-7H,1-3,9H2,(H2,10,11)/t4-,5+,6+,7-/m0/s1. The van der Waals surface area contributed by atoms with Gasteiger partial charge in [-0.1, -0.05) is 0 Å². The summed E-state index contributed by atoms with van der Waals surface area (Å²) in [7, 11) is 0. The lowest BCUT2D eigenvalue weighted by Crippen LogP contribution is -2.43. The van der Waals surface area contributed by atoms with Gasteiger partial charge in [0.05, 0.1) is 5.92 Å². The molecule has 4 N–H and O–H groups in total. The number of fused-ring (bicyclic) bond motifs is 2. The van der Waals surface area contributed by atoms with Crippen LogP contribution in [0.25, 0.3) is 0 Å². The van der Waals surface area contributed by atoms with Crippen molar-refractivity contribution in [1.29, 1.82) is 0 Å². The fraction of sp³-hybridized carbons (Fsp3) is 0.875. The van der Waals surface area contributed by atoms with E-state index in [1.54, 1.807) is 0 Å². The zero-order valence-electron chi connectivity index (χ0n) is 6.49. The Labute approximate surface area is 66.1 Å². The van der Waals surface area contributed by atoms with Gasteiger partial charge >= 0.3 is 0 Å².